The van der Waals surface area contributed by atoms with Gasteiger partial charge < -0.3 is 10.6 Å². The molecule has 0 amide bonds. The van der Waals surface area contributed by atoms with Gasteiger partial charge in [-0.1, -0.05) is 49.6 Å². The largest absolute Gasteiger partial charge is 0.324 e. The molecule has 1 aliphatic heterocycles. The summed E-state index contributed by atoms with van der Waals surface area (Å²) in [4.78, 5) is 2.60. The van der Waals surface area contributed by atoms with Crippen LogP contribution in [0.2, 0.25) is 0 Å². The van der Waals surface area contributed by atoms with Gasteiger partial charge in [0, 0.05) is 6.04 Å². The van der Waals surface area contributed by atoms with Gasteiger partial charge in [0.25, 0.3) is 0 Å². The number of nitrogens with zero attached hydrogens (tertiary/aromatic N) is 1. The molecule has 0 bridgehead atoms. The van der Waals surface area contributed by atoms with Crippen molar-refractivity contribution in [2.45, 2.75) is 52.0 Å². The zero-order valence-corrected chi connectivity index (χ0v) is 13.1. The third-order valence-electron chi connectivity index (χ3n) is 4.67. The Morgan fingerprint density at radius 3 is 2.45 bits per heavy atom. The minimum absolute atomic E-state index is 0.184. The number of likely N-dealkylation sites (tertiary alicyclic amines) is 1. The molecule has 0 saturated carbocycles. The van der Waals surface area contributed by atoms with Crippen LogP contribution in [0.3, 0.4) is 0 Å². The second-order valence-electron chi connectivity index (χ2n) is 6.38. The van der Waals surface area contributed by atoms with E-state index in [2.05, 4.69) is 43.0 Å². The number of piperidine rings is 1. The molecule has 2 N–H and O–H groups in total. The third-order valence-corrected chi connectivity index (χ3v) is 4.67. The van der Waals surface area contributed by atoms with Gasteiger partial charge >= 0.3 is 0 Å². The highest BCUT2D eigenvalue weighted by molar-refractivity contribution is 5.23. The molecule has 112 valence electrons. The van der Waals surface area contributed by atoms with Crippen molar-refractivity contribution < 1.29 is 0 Å². The summed E-state index contributed by atoms with van der Waals surface area (Å²) in [5.74, 6) is 0.974. The monoisotopic (exact) mass is 274 g/mol. The first-order valence-electron chi connectivity index (χ1n) is 8.23. The predicted molar refractivity (Wildman–Crippen MR) is 86.8 cm³/mol. The Morgan fingerprint density at radius 2 is 1.85 bits per heavy atom. The molecule has 1 atom stereocenters. The molecule has 1 heterocycles. The summed E-state index contributed by atoms with van der Waals surface area (Å²) in [5.41, 5.74) is 8.89. The molecule has 0 spiro atoms. The fourth-order valence-electron chi connectivity index (χ4n) is 3.21. The van der Waals surface area contributed by atoms with Crippen molar-refractivity contribution in [3.05, 3.63) is 35.4 Å². The van der Waals surface area contributed by atoms with E-state index >= 15 is 0 Å². The van der Waals surface area contributed by atoms with Gasteiger partial charge in [-0.2, -0.15) is 0 Å². The van der Waals surface area contributed by atoms with Gasteiger partial charge in [0.2, 0.25) is 0 Å². The minimum atomic E-state index is 0.184. The van der Waals surface area contributed by atoms with Gasteiger partial charge in [0.1, 0.15) is 0 Å². The van der Waals surface area contributed by atoms with E-state index in [4.69, 9.17) is 5.73 Å². The average Bonchev–Trinajstić information content (AvgIpc) is 2.47. The van der Waals surface area contributed by atoms with E-state index in [1.807, 2.05) is 0 Å². The Balaban J connectivity index is 1.71. The first-order valence-corrected chi connectivity index (χ1v) is 8.23. The predicted octanol–water partition coefficient (Wildman–Crippen LogP) is 3.90. The van der Waals surface area contributed by atoms with Crippen molar-refractivity contribution >= 4 is 0 Å². The lowest BCUT2D eigenvalue weighted by Crippen LogP contribution is -2.35. The zero-order valence-electron chi connectivity index (χ0n) is 13.1. The van der Waals surface area contributed by atoms with E-state index in [1.54, 1.807) is 0 Å². The molecule has 2 rings (SSSR count). The van der Waals surface area contributed by atoms with E-state index in [1.165, 1.54) is 49.9 Å². The highest BCUT2D eigenvalue weighted by Gasteiger charge is 2.18. The second kappa shape index (κ2) is 7.80. The van der Waals surface area contributed by atoms with Crippen LogP contribution in [0.4, 0.5) is 0 Å². The topological polar surface area (TPSA) is 29.3 Å². The molecule has 0 aliphatic carbocycles. The summed E-state index contributed by atoms with van der Waals surface area (Å²) in [6.07, 6.45) is 6.59. The van der Waals surface area contributed by atoms with Gasteiger partial charge in [0.15, 0.2) is 0 Å². The molecule has 1 fully saturated rings. The Labute approximate surface area is 124 Å². The number of benzene rings is 1. The lowest BCUT2D eigenvalue weighted by molar-refractivity contribution is 0.174. The van der Waals surface area contributed by atoms with Crippen LogP contribution in [-0.4, -0.2) is 24.5 Å². The Hall–Kier alpha value is -0.860. The van der Waals surface area contributed by atoms with Gasteiger partial charge in [0.05, 0.1) is 0 Å². The highest BCUT2D eigenvalue weighted by Crippen LogP contribution is 2.23. The molecule has 0 radical (unpaired) electrons. The van der Waals surface area contributed by atoms with Crippen molar-refractivity contribution in [1.82, 2.24) is 4.90 Å². The van der Waals surface area contributed by atoms with Crippen LogP contribution >= 0.6 is 0 Å². The summed E-state index contributed by atoms with van der Waals surface area (Å²) in [6.45, 7) is 8.10. The Morgan fingerprint density at radius 1 is 1.20 bits per heavy atom. The van der Waals surface area contributed by atoms with Crippen LogP contribution in [0.15, 0.2) is 24.3 Å². The van der Waals surface area contributed by atoms with Crippen LogP contribution in [0.25, 0.3) is 0 Å². The lowest BCUT2D eigenvalue weighted by atomic mass is 9.92. The van der Waals surface area contributed by atoms with E-state index in [0.29, 0.717) is 0 Å². The minimum Gasteiger partial charge on any atom is -0.324 e. The molecule has 1 unspecified atom stereocenters. The van der Waals surface area contributed by atoms with Crippen molar-refractivity contribution in [2.24, 2.45) is 11.7 Å². The summed E-state index contributed by atoms with van der Waals surface area (Å²) < 4.78 is 0. The van der Waals surface area contributed by atoms with Crippen molar-refractivity contribution in [1.29, 1.82) is 0 Å². The van der Waals surface area contributed by atoms with Crippen LogP contribution in [0, 0.1) is 12.8 Å². The average molecular weight is 274 g/mol. The lowest BCUT2D eigenvalue weighted by Gasteiger charge is -2.32. The highest BCUT2D eigenvalue weighted by atomic mass is 15.1. The number of hydrogen-bond donors (Lipinski definition) is 1. The molecule has 1 aromatic carbocycles. The molecule has 2 nitrogen and oxygen atoms in total. The van der Waals surface area contributed by atoms with Crippen molar-refractivity contribution in [3.63, 3.8) is 0 Å². The molecular formula is C18H30N2. The van der Waals surface area contributed by atoms with E-state index in [0.717, 1.165) is 18.9 Å². The molecule has 1 aliphatic rings. The van der Waals surface area contributed by atoms with Crippen molar-refractivity contribution in [3.8, 4) is 0 Å². The molecule has 2 heteroatoms. The second-order valence-corrected chi connectivity index (χ2v) is 6.38. The fraction of sp³-hybridized carbons (Fsp3) is 0.667. The smallest absolute Gasteiger partial charge is 0.0307 e. The normalized spacial score (nSPS) is 19.1. The maximum Gasteiger partial charge on any atom is 0.0307 e. The van der Waals surface area contributed by atoms with Gasteiger partial charge in [-0.15, -0.1) is 0 Å². The summed E-state index contributed by atoms with van der Waals surface area (Å²) >= 11 is 0. The van der Waals surface area contributed by atoms with E-state index < -0.39 is 0 Å². The summed E-state index contributed by atoms with van der Waals surface area (Å²) in [5, 5.41) is 0. The fourth-order valence-corrected chi connectivity index (χ4v) is 3.21. The maximum absolute atomic E-state index is 6.31. The molecule has 20 heavy (non-hydrogen) atoms. The van der Waals surface area contributed by atoms with Gasteiger partial charge in [-0.25, -0.2) is 0 Å². The van der Waals surface area contributed by atoms with Gasteiger partial charge in [-0.3, -0.25) is 0 Å². The van der Waals surface area contributed by atoms with Crippen LogP contribution in [-0.2, 0) is 0 Å². The summed E-state index contributed by atoms with van der Waals surface area (Å²) in [7, 11) is 0. The van der Waals surface area contributed by atoms with E-state index in [9.17, 15) is 0 Å². The van der Waals surface area contributed by atoms with Crippen LogP contribution in [0.5, 0.6) is 0 Å². The number of hydrogen-bond acceptors (Lipinski definition) is 2. The maximum atomic E-state index is 6.31. The number of nitrogens with two attached hydrogens (primary N) is 1. The summed E-state index contributed by atoms with van der Waals surface area (Å²) in [6, 6.07) is 8.85. The zero-order chi connectivity index (χ0) is 14.4. The van der Waals surface area contributed by atoms with E-state index in [-0.39, 0.29) is 6.04 Å². The molecule has 0 aromatic heterocycles. The van der Waals surface area contributed by atoms with Crippen molar-refractivity contribution in [2.75, 3.05) is 19.6 Å². The SMILES string of the molecule is CCCC1CCN(CCC(N)c2ccc(C)cc2)CC1. The molecule has 1 aromatic rings. The number of aryl methyl sites for hydroxylation is 1. The Bertz CT molecular complexity index is 377. The number of rotatable bonds is 6. The third kappa shape index (κ3) is 4.60. The van der Waals surface area contributed by atoms with Crippen LogP contribution < -0.4 is 5.73 Å². The van der Waals surface area contributed by atoms with Crippen LogP contribution in [0.1, 0.15) is 56.2 Å². The first-order chi connectivity index (χ1) is 9.69. The standard InChI is InChI=1S/C18H30N2/c1-3-4-16-9-12-20(13-10-16)14-11-18(19)17-7-5-15(2)6-8-17/h5-8,16,18H,3-4,9-14,19H2,1-2H3. The Kier molecular flexibility index (Phi) is 6.06. The first kappa shape index (κ1) is 15.5. The van der Waals surface area contributed by atoms with Gasteiger partial charge in [-0.05, 0) is 57.3 Å². The quantitative estimate of drug-likeness (QED) is 0.852. The molecule has 1 saturated heterocycles. The molecular weight excluding hydrogens is 244 g/mol.